The molecule has 0 aromatic heterocycles. The number of aliphatic imine (C=N–C) groups is 1. The first kappa shape index (κ1) is 43.8. The van der Waals surface area contributed by atoms with Gasteiger partial charge >= 0.3 is 12.1 Å². The first-order valence-electron chi connectivity index (χ1n) is 19.4. The molecule has 0 spiro atoms. The molecule has 0 bridgehead atoms. The van der Waals surface area contributed by atoms with Crippen LogP contribution in [0.2, 0.25) is 0 Å². The van der Waals surface area contributed by atoms with Crippen LogP contribution in [-0.4, -0.2) is 78.7 Å². The molecule has 306 valence electrons. The van der Waals surface area contributed by atoms with Gasteiger partial charge in [-0.1, -0.05) is 92.7 Å². The van der Waals surface area contributed by atoms with E-state index in [2.05, 4.69) is 26.3 Å². The molecule has 4 rings (SSSR count). The van der Waals surface area contributed by atoms with Gasteiger partial charge in [-0.2, -0.15) is 0 Å². The monoisotopic (exact) mass is 783 g/mol. The van der Waals surface area contributed by atoms with Crippen LogP contribution in [-0.2, 0) is 35.1 Å². The predicted octanol–water partition coefficient (Wildman–Crippen LogP) is 4.05. The SMILES string of the molecule is CC(C)C[C@H](NC(=O)[C@H](C)NC(=O)[C@H](Cc1ccccc1)NC(=O)[C@H](CCCN=C(N)N)NC(=O)OCC1c2ccccc2-c2ccccc21)C(=O)OC(C)(C)C. The van der Waals surface area contributed by atoms with Gasteiger partial charge in [0.1, 0.15) is 36.4 Å². The number of carbonyl (C=O) groups is 5. The number of rotatable bonds is 18. The summed E-state index contributed by atoms with van der Waals surface area (Å²) >= 11 is 0. The van der Waals surface area contributed by atoms with Crippen molar-refractivity contribution in [3.63, 3.8) is 0 Å². The Hall–Kier alpha value is -5.92. The van der Waals surface area contributed by atoms with Crippen molar-refractivity contribution in [1.29, 1.82) is 0 Å². The summed E-state index contributed by atoms with van der Waals surface area (Å²) in [6.45, 7) is 10.8. The molecular formula is C43H57N7O7. The molecule has 0 unspecified atom stereocenters. The Labute approximate surface area is 334 Å². The molecule has 8 N–H and O–H groups in total. The summed E-state index contributed by atoms with van der Waals surface area (Å²) in [4.78, 5) is 71.5. The van der Waals surface area contributed by atoms with Crippen LogP contribution < -0.4 is 32.7 Å². The summed E-state index contributed by atoms with van der Waals surface area (Å²) in [7, 11) is 0. The van der Waals surface area contributed by atoms with Crippen LogP contribution in [0.4, 0.5) is 4.79 Å². The third-order valence-corrected chi connectivity index (χ3v) is 9.28. The fraction of sp³-hybridized carbons (Fsp3) is 0.442. The van der Waals surface area contributed by atoms with Crippen molar-refractivity contribution in [1.82, 2.24) is 21.3 Å². The summed E-state index contributed by atoms with van der Waals surface area (Å²) in [5.41, 5.74) is 15.2. The van der Waals surface area contributed by atoms with E-state index in [1.807, 2.05) is 80.6 Å². The lowest BCUT2D eigenvalue weighted by molar-refractivity contribution is -0.159. The van der Waals surface area contributed by atoms with Gasteiger partial charge in [-0.3, -0.25) is 19.4 Å². The van der Waals surface area contributed by atoms with E-state index in [0.29, 0.717) is 12.8 Å². The average Bonchev–Trinajstić information content (AvgIpc) is 3.47. The molecule has 57 heavy (non-hydrogen) atoms. The van der Waals surface area contributed by atoms with Crippen molar-refractivity contribution in [2.45, 2.75) is 103 Å². The Kier molecular flexibility index (Phi) is 15.6. The quantitative estimate of drug-likeness (QED) is 0.0474. The largest absolute Gasteiger partial charge is 0.458 e. The van der Waals surface area contributed by atoms with Crippen LogP contribution in [0.15, 0.2) is 83.9 Å². The second kappa shape index (κ2) is 20.3. The second-order valence-corrected chi connectivity index (χ2v) is 15.7. The van der Waals surface area contributed by atoms with Gasteiger partial charge in [0.25, 0.3) is 0 Å². The lowest BCUT2D eigenvalue weighted by atomic mass is 9.98. The lowest BCUT2D eigenvalue weighted by Crippen LogP contribution is -2.58. The maximum Gasteiger partial charge on any atom is 0.407 e. The number of hydrogen-bond acceptors (Lipinski definition) is 8. The molecule has 1 aliphatic carbocycles. The molecule has 14 nitrogen and oxygen atoms in total. The van der Waals surface area contributed by atoms with E-state index in [1.54, 1.807) is 32.9 Å². The number of nitrogens with one attached hydrogen (secondary N) is 4. The highest BCUT2D eigenvalue weighted by Crippen LogP contribution is 2.44. The van der Waals surface area contributed by atoms with Crippen LogP contribution in [0.1, 0.15) is 83.4 Å². The lowest BCUT2D eigenvalue weighted by Gasteiger charge is -2.27. The molecule has 0 radical (unpaired) electrons. The zero-order valence-electron chi connectivity index (χ0n) is 33.7. The van der Waals surface area contributed by atoms with E-state index in [1.165, 1.54) is 6.92 Å². The van der Waals surface area contributed by atoms with Gasteiger partial charge in [-0.05, 0) is 80.7 Å². The normalized spacial score (nSPS) is 14.2. The molecule has 0 fully saturated rings. The molecule has 0 saturated carbocycles. The topological polar surface area (TPSA) is 216 Å². The van der Waals surface area contributed by atoms with Crippen molar-refractivity contribution in [2.75, 3.05) is 13.2 Å². The summed E-state index contributed by atoms with van der Waals surface area (Å²) in [5.74, 6) is -2.71. The standard InChI is InChI=1S/C43H57N7O7/c1-26(2)23-36(40(54)57-43(4,5)6)49-37(51)27(3)47-39(53)35(24-28-15-8-7-9-16-28)48-38(52)34(21-14-22-46-41(44)45)50-42(55)56-25-33-31-19-12-10-17-29(31)30-18-11-13-20-32(30)33/h7-13,15-20,26-27,33-36H,14,21-25H2,1-6H3,(H,47,53)(H,48,52)(H,49,51)(H,50,55)(H4,44,45,46)/t27-,34-,35-,36-/m0/s1. The fourth-order valence-corrected chi connectivity index (χ4v) is 6.62. The van der Waals surface area contributed by atoms with E-state index in [0.717, 1.165) is 27.8 Å². The number of fused-ring (bicyclic) bond motifs is 3. The highest BCUT2D eigenvalue weighted by molar-refractivity contribution is 5.95. The van der Waals surface area contributed by atoms with E-state index in [4.69, 9.17) is 20.9 Å². The minimum Gasteiger partial charge on any atom is -0.458 e. The van der Waals surface area contributed by atoms with Crippen molar-refractivity contribution in [2.24, 2.45) is 22.4 Å². The highest BCUT2D eigenvalue weighted by atomic mass is 16.6. The molecule has 3 aromatic rings. The Balaban J connectivity index is 1.48. The Morgan fingerprint density at radius 2 is 1.28 bits per heavy atom. The van der Waals surface area contributed by atoms with Crippen LogP contribution in [0, 0.1) is 5.92 Å². The number of esters is 1. The molecule has 1 aliphatic rings. The number of alkyl carbamates (subject to hydrolysis) is 1. The fourth-order valence-electron chi connectivity index (χ4n) is 6.62. The van der Waals surface area contributed by atoms with Crippen molar-refractivity contribution in [3.05, 3.63) is 95.6 Å². The smallest absolute Gasteiger partial charge is 0.407 e. The van der Waals surface area contributed by atoms with Gasteiger partial charge in [-0.15, -0.1) is 0 Å². The molecule has 4 amide bonds. The van der Waals surface area contributed by atoms with Gasteiger partial charge in [0.2, 0.25) is 17.7 Å². The maximum atomic E-state index is 14.0. The van der Waals surface area contributed by atoms with E-state index in [-0.39, 0.29) is 43.8 Å². The number of nitrogens with two attached hydrogens (primary N) is 2. The van der Waals surface area contributed by atoms with Gasteiger partial charge in [0, 0.05) is 18.9 Å². The van der Waals surface area contributed by atoms with E-state index < -0.39 is 59.6 Å². The first-order chi connectivity index (χ1) is 27.0. The van der Waals surface area contributed by atoms with Gasteiger partial charge in [0.15, 0.2) is 5.96 Å². The van der Waals surface area contributed by atoms with Crippen LogP contribution in [0.25, 0.3) is 11.1 Å². The number of carbonyl (C=O) groups excluding carboxylic acids is 5. The number of nitrogens with zero attached hydrogens (tertiary/aromatic N) is 1. The van der Waals surface area contributed by atoms with Crippen molar-refractivity contribution >= 4 is 35.7 Å². The zero-order valence-corrected chi connectivity index (χ0v) is 33.7. The zero-order chi connectivity index (χ0) is 41.7. The number of ether oxygens (including phenoxy) is 2. The van der Waals surface area contributed by atoms with E-state index >= 15 is 0 Å². The maximum absolute atomic E-state index is 14.0. The molecule has 14 heteroatoms. The summed E-state index contributed by atoms with van der Waals surface area (Å²) < 4.78 is 11.3. The Morgan fingerprint density at radius 3 is 1.86 bits per heavy atom. The molecular weight excluding hydrogens is 727 g/mol. The number of amides is 4. The molecule has 4 atom stereocenters. The average molecular weight is 784 g/mol. The molecule has 0 aliphatic heterocycles. The Morgan fingerprint density at radius 1 is 0.719 bits per heavy atom. The van der Waals surface area contributed by atoms with Crippen LogP contribution >= 0.6 is 0 Å². The third kappa shape index (κ3) is 13.4. The third-order valence-electron chi connectivity index (χ3n) is 9.28. The minimum atomic E-state index is -1.16. The van der Waals surface area contributed by atoms with Gasteiger partial charge < -0.3 is 42.2 Å². The predicted molar refractivity (Wildman–Crippen MR) is 219 cm³/mol. The van der Waals surface area contributed by atoms with Crippen LogP contribution in [0.5, 0.6) is 0 Å². The van der Waals surface area contributed by atoms with Gasteiger partial charge in [0.05, 0.1) is 0 Å². The second-order valence-electron chi connectivity index (χ2n) is 15.7. The highest BCUT2D eigenvalue weighted by Gasteiger charge is 2.33. The molecule has 3 aromatic carbocycles. The minimum absolute atomic E-state index is 0.0349. The first-order valence-corrected chi connectivity index (χ1v) is 19.4. The van der Waals surface area contributed by atoms with Crippen molar-refractivity contribution < 1.29 is 33.4 Å². The Bertz CT molecular complexity index is 1840. The molecule has 0 saturated heterocycles. The summed E-state index contributed by atoms with van der Waals surface area (Å²) in [5, 5.41) is 10.9. The molecule has 0 heterocycles. The van der Waals surface area contributed by atoms with Crippen molar-refractivity contribution in [3.8, 4) is 11.1 Å². The van der Waals surface area contributed by atoms with Crippen LogP contribution in [0.3, 0.4) is 0 Å². The summed E-state index contributed by atoms with van der Waals surface area (Å²) in [6.07, 6.45) is 0.0326. The summed E-state index contributed by atoms with van der Waals surface area (Å²) in [6, 6.07) is 20.7. The number of benzene rings is 3. The van der Waals surface area contributed by atoms with E-state index in [9.17, 15) is 24.0 Å². The number of guanidine groups is 1. The number of hydrogen-bond donors (Lipinski definition) is 6. The van der Waals surface area contributed by atoms with Gasteiger partial charge in [-0.25, -0.2) is 9.59 Å².